The molecule has 0 spiro atoms. The first-order valence-corrected chi connectivity index (χ1v) is 9.22. The normalized spacial score (nSPS) is 11.3. The number of hydrogen-bond donors (Lipinski definition) is 0. The number of furan rings is 1. The van der Waals surface area contributed by atoms with Crippen LogP contribution in [0.4, 0.5) is 0 Å². The van der Waals surface area contributed by atoms with Crippen molar-refractivity contribution < 1.29 is 13.9 Å². The molecule has 0 N–H and O–H groups in total. The minimum atomic E-state index is -0.117. The van der Waals surface area contributed by atoms with Gasteiger partial charge in [0.1, 0.15) is 17.3 Å². The van der Waals surface area contributed by atoms with E-state index in [0.29, 0.717) is 27.1 Å². The van der Waals surface area contributed by atoms with Gasteiger partial charge in [0.2, 0.25) is 0 Å². The van der Waals surface area contributed by atoms with E-state index < -0.39 is 0 Å². The van der Waals surface area contributed by atoms with Gasteiger partial charge in [0.15, 0.2) is 5.78 Å². The lowest BCUT2D eigenvalue weighted by molar-refractivity contribution is 0.104. The lowest BCUT2D eigenvalue weighted by Gasteiger charge is -2.09. The molecule has 3 aromatic rings. The van der Waals surface area contributed by atoms with E-state index in [9.17, 15) is 4.79 Å². The van der Waals surface area contributed by atoms with E-state index in [2.05, 4.69) is 0 Å². The summed E-state index contributed by atoms with van der Waals surface area (Å²) in [7, 11) is 0. The Morgan fingerprint density at radius 3 is 2.44 bits per heavy atom. The van der Waals surface area contributed by atoms with Gasteiger partial charge in [-0.05, 0) is 80.6 Å². The van der Waals surface area contributed by atoms with Crippen molar-refractivity contribution in [3.8, 4) is 17.1 Å². The van der Waals surface area contributed by atoms with Gasteiger partial charge in [0.05, 0.1) is 11.1 Å². The molecule has 5 heteroatoms. The Kier molecular flexibility index (Phi) is 6.04. The molecule has 1 aromatic heterocycles. The zero-order valence-electron chi connectivity index (χ0n) is 14.9. The number of ether oxygens (including phenoxy) is 1. The summed E-state index contributed by atoms with van der Waals surface area (Å²) < 4.78 is 11.3. The highest BCUT2D eigenvalue weighted by molar-refractivity contribution is 6.36. The van der Waals surface area contributed by atoms with E-state index in [4.69, 9.17) is 32.4 Å². The van der Waals surface area contributed by atoms with Crippen molar-refractivity contribution in [2.75, 3.05) is 0 Å². The second-order valence-electron chi connectivity index (χ2n) is 6.21. The van der Waals surface area contributed by atoms with Crippen LogP contribution in [0, 0.1) is 0 Å². The van der Waals surface area contributed by atoms with Crippen molar-refractivity contribution in [2.24, 2.45) is 0 Å². The first-order valence-electron chi connectivity index (χ1n) is 8.47. The van der Waals surface area contributed by atoms with Crippen LogP contribution in [0.1, 0.15) is 30.0 Å². The van der Waals surface area contributed by atoms with Crippen LogP contribution in [0.25, 0.3) is 17.4 Å². The van der Waals surface area contributed by atoms with Crippen LogP contribution < -0.4 is 4.74 Å². The molecule has 3 nitrogen and oxygen atoms in total. The summed E-state index contributed by atoms with van der Waals surface area (Å²) in [4.78, 5) is 12.3. The minimum Gasteiger partial charge on any atom is -0.491 e. The molecule has 0 aliphatic rings. The lowest BCUT2D eigenvalue weighted by Crippen LogP contribution is -2.05. The molecule has 0 fully saturated rings. The third kappa shape index (κ3) is 5.03. The van der Waals surface area contributed by atoms with E-state index in [1.807, 2.05) is 13.8 Å². The largest absolute Gasteiger partial charge is 0.491 e. The van der Waals surface area contributed by atoms with Gasteiger partial charge in [0, 0.05) is 16.1 Å². The summed E-state index contributed by atoms with van der Waals surface area (Å²) in [5.41, 5.74) is 1.32. The van der Waals surface area contributed by atoms with Crippen molar-refractivity contribution in [1.29, 1.82) is 0 Å². The zero-order valence-corrected chi connectivity index (χ0v) is 16.4. The smallest absolute Gasteiger partial charge is 0.185 e. The fourth-order valence-electron chi connectivity index (χ4n) is 2.50. The Labute approximate surface area is 168 Å². The van der Waals surface area contributed by atoms with Gasteiger partial charge in [-0.15, -0.1) is 0 Å². The van der Waals surface area contributed by atoms with Crippen molar-refractivity contribution in [2.45, 2.75) is 20.0 Å². The van der Waals surface area contributed by atoms with Crippen LogP contribution in [-0.2, 0) is 0 Å². The molecule has 0 amide bonds. The van der Waals surface area contributed by atoms with Crippen LogP contribution in [0.15, 0.2) is 65.1 Å². The van der Waals surface area contributed by atoms with E-state index >= 15 is 0 Å². The topological polar surface area (TPSA) is 39.4 Å². The SMILES string of the molecule is CC(C)Oc1ccc(C(=O)C=Cc2ccc(-c3ccc(Cl)cc3Cl)o2)cc1. The summed E-state index contributed by atoms with van der Waals surface area (Å²) >= 11 is 12.1. The molecular weight excluding hydrogens is 383 g/mol. The number of hydrogen-bond acceptors (Lipinski definition) is 3. The number of carbonyl (C=O) groups is 1. The van der Waals surface area contributed by atoms with E-state index in [0.717, 1.165) is 11.3 Å². The predicted octanol–water partition coefficient (Wildman–Crippen LogP) is 6.94. The van der Waals surface area contributed by atoms with E-state index in [1.165, 1.54) is 6.08 Å². The minimum absolute atomic E-state index is 0.0914. The number of rotatable bonds is 6. The predicted molar refractivity (Wildman–Crippen MR) is 110 cm³/mol. The Morgan fingerprint density at radius 2 is 1.78 bits per heavy atom. The number of halogens is 2. The number of benzene rings is 2. The summed E-state index contributed by atoms with van der Waals surface area (Å²) in [6.45, 7) is 3.91. The molecule has 0 aliphatic carbocycles. The fourth-order valence-corrected chi connectivity index (χ4v) is 3.00. The van der Waals surface area contributed by atoms with Gasteiger partial charge < -0.3 is 9.15 Å². The molecule has 0 unspecified atom stereocenters. The van der Waals surface area contributed by atoms with Crippen LogP contribution in [0.2, 0.25) is 10.0 Å². The quantitative estimate of drug-likeness (QED) is 0.332. The average molecular weight is 401 g/mol. The zero-order chi connectivity index (χ0) is 19.4. The van der Waals surface area contributed by atoms with Crippen molar-refractivity contribution in [1.82, 2.24) is 0 Å². The molecule has 3 rings (SSSR count). The first-order chi connectivity index (χ1) is 12.9. The molecule has 1 heterocycles. The first kappa shape index (κ1) is 19.3. The second kappa shape index (κ2) is 8.47. The molecule has 0 aliphatic heterocycles. The molecule has 138 valence electrons. The van der Waals surface area contributed by atoms with Crippen LogP contribution in [0.3, 0.4) is 0 Å². The van der Waals surface area contributed by atoms with Gasteiger partial charge in [-0.25, -0.2) is 0 Å². The van der Waals surface area contributed by atoms with Gasteiger partial charge in [-0.2, -0.15) is 0 Å². The third-order valence-electron chi connectivity index (χ3n) is 3.73. The second-order valence-corrected chi connectivity index (χ2v) is 7.06. The highest BCUT2D eigenvalue weighted by atomic mass is 35.5. The standard InChI is InChI=1S/C22H18Cl2O3/c1-14(2)26-17-6-3-15(4-7-17)21(25)11-8-18-9-12-22(27-18)19-10-5-16(23)13-20(19)24/h3-14H,1-2H3. The number of allylic oxidation sites excluding steroid dienone is 1. The molecule has 0 saturated heterocycles. The monoisotopic (exact) mass is 400 g/mol. The van der Waals surface area contributed by atoms with Gasteiger partial charge in [-0.1, -0.05) is 23.2 Å². The third-order valence-corrected chi connectivity index (χ3v) is 4.28. The summed E-state index contributed by atoms with van der Waals surface area (Å²) in [5.74, 6) is 1.79. The van der Waals surface area contributed by atoms with Gasteiger partial charge in [0.25, 0.3) is 0 Å². The summed E-state index contributed by atoms with van der Waals surface area (Å²) in [6.07, 6.45) is 3.20. The summed E-state index contributed by atoms with van der Waals surface area (Å²) in [5, 5.41) is 1.07. The van der Waals surface area contributed by atoms with Crippen LogP contribution in [0.5, 0.6) is 5.75 Å². The Balaban J connectivity index is 1.71. The maximum absolute atomic E-state index is 12.3. The molecule has 27 heavy (non-hydrogen) atoms. The molecule has 0 bridgehead atoms. The fraction of sp³-hybridized carbons (Fsp3) is 0.136. The molecule has 0 radical (unpaired) electrons. The summed E-state index contributed by atoms with van der Waals surface area (Å²) in [6, 6.07) is 15.8. The average Bonchev–Trinajstić information content (AvgIpc) is 3.08. The molecule has 2 aromatic carbocycles. The maximum Gasteiger partial charge on any atom is 0.185 e. The van der Waals surface area contributed by atoms with Crippen molar-refractivity contribution in [3.05, 3.63) is 82.0 Å². The van der Waals surface area contributed by atoms with Crippen molar-refractivity contribution >= 4 is 35.1 Å². The Bertz CT molecular complexity index is 969. The maximum atomic E-state index is 12.3. The number of ketones is 1. The lowest BCUT2D eigenvalue weighted by atomic mass is 10.1. The van der Waals surface area contributed by atoms with E-state index in [1.54, 1.807) is 60.7 Å². The van der Waals surface area contributed by atoms with Crippen molar-refractivity contribution in [3.63, 3.8) is 0 Å². The highest BCUT2D eigenvalue weighted by Crippen LogP contribution is 2.31. The van der Waals surface area contributed by atoms with Gasteiger partial charge >= 0.3 is 0 Å². The Hall–Kier alpha value is -2.49. The number of carbonyl (C=O) groups excluding carboxylic acids is 1. The van der Waals surface area contributed by atoms with E-state index in [-0.39, 0.29) is 11.9 Å². The van der Waals surface area contributed by atoms with Crippen LogP contribution >= 0.6 is 23.2 Å². The Morgan fingerprint density at radius 1 is 1.04 bits per heavy atom. The van der Waals surface area contributed by atoms with Crippen LogP contribution in [-0.4, -0.2) is 11.9 Å². The highest BCUT2D eigenvalue weighted by Gasteiger charge is 2.09. The molecule has 0 saturated carbocycles. The van der Waals surface area contributed by atoms with Gasteiger partial charge in [-0.3, -0.25) is 4.79 Å². The molecular formula is C22H18Cl2O3. The molecule has 0 atom stereocenters.